The molecule has 1 amide bonds. The molecule has 2 atom stereocenters. The topological polar surface area (TPSA) is 171 Å². The van der Waals surface area contributed by atoms with Crippen molar-refractivity contribution in [3.05, 3.63) is 98.0 Å². The highest BCUT2D eigenvalue weighted by molar-refractivity contribution is 6.31. The van der Waals surface area contributed by atoms with Crippen molar-refractivity contribution in [3.8, 4) is 5.75 Å². The summed E-state index contributed by atoms with van der Waals surface area (Å²) in [4.78, 5) is 61.4. The molecule has 0 unspecified atom stereocenters. The summed E-state index contributed by atoms with van der Waals surface area (Å²) in [6.45, 7) is 0. The number of carboxylic acids is 1. The highest BCUT2D eigenvalue weighted by atomic mass is 35.5. The highest BCUT2D eigenvalue weighted by Crippen LogP contribution is 2.29. The standard InChI is InChI=1S/C25H18Cl2N2O10/c1-37-19-11-10-17(29(35)36)12-18(19)28-22(30)20(38-24(33)13-2-6-15(26)7-3-13)21(23(31)32)39-25(34)14-4-8-16(27)9-5-14/h2-12,20-21H,1H3,(H,28,30)(H,31,32)/t20-,21-/m1/s1. The maximum Gasteiger partial charge on any atom is 0.349 e. The number of carboxylic acid groups (broad SMARTS) is 1. The van der Waals surface area contributed by atoms with Gasteiger partial charge in [0.05, 0.1) is 28.8 Å². The van der Waals surface area contributed by atoms with Crippen LogP contribution in [-0.2, 0) is 19.1 Å². The molecular weight excluding hydrogens is 559 g/mol. The molecular formula is C25H18Cl2N2O10. The Hall–Kier alpha value is -4.68. The average Bonchev–Trinajstić information content (AvgIpc) is 2.90. The van der Waals surface area contributed by atoms with Crippen LogP contribution in [-0.4, -0.2) is 53.2 Å². The average molecular weight is 577 g/mol. The van der Waals surface area contributed by atoms with Crippen LogP contribution < -0.4 is 10.1 Å². The number of carbonyl (C=O) groups excluding carboxylic acids is 3. The minimum Gasteiger partial charge on any atom is -0.495 e. The van der Waals surface area contributed by atoms with Gasteiger partial charge in [0.15, 0.2) is 0 Å². The summed E-state index contributed by atoms with van der Waals surface area (Å²) in [5.74, 6) is -5.44. The molecule has 0 saturated heterocycles. The molecule has 3 aromatic carbocycles. The number of methoxy groups -OCH3 is 1. The van der Waals surface area contributed by atoms with Crippen LogP contribution in [0.3, 0.4) is 0 Å². The van der Waals surface area contributed by atoms with Crippen molar-refractivity contribution >= 4 is 58.4 Å². The Morgan fingerprint density at radius 3 is 1.77 bits per heavy atom. The van der Waals surface area contributed by atoms with Crippen LogP contribution in [0.5, 0.6) is 5.75 Å². The largest absolute Gasteiger partial charge is 0.495 e. The van der Waals surface area contributed by atoms with Gasteiger partial charge in [0.1, 0.15) is 5.75 Å². The maximum absolute atomic E-state index is 13.3. The van der Waals surface area contributed by atoms with E-state index in [2.05, 4.69) is 5.32 Å². The fourth-order valence-corrected chi connectivity index (χ4v) is 3.40. The number of nitrogens with zero attached hydrogens (tertiary/aromatic N) is 1. The Labute approximate surface area is 230 Å². The Balaban J connectivity index is 1.98. The van der Waals surface area contributed by atoms with Crippen molar-refractivity contribution in [3.63, 3.8) is 0 Å². The number of hydrogen-bond donors (Lipinski definition) is 2. The van der Waals surface area contributed by atoms with Crippen molar-refractivity contribution in [1.29, 1.82) is 0 Å². The van der Waals surface area contributed by atoms with Gasteiger partial charge in [-0.05, 0) is 54.6 Å². The lowest BCUT2D eigenvalue weighted by Crippen LogP contribution is -2.48. The van der Waals surface area contributed by atoms with Gasteiger partial charge in [0.25, 0.3) is 11.6 Å². The molecule has 2 N–H and O–H groups in total. The first-order valence-corrected chi connectivity index (χ1v) is 11.5. The van der Waals surface area contributed by atoms with Crippen LogP contribution in [0.2, 0.25) is 10.0 Å². The van der Waals surface area contributed by atoms with Gasteiger partial charge in [0.2, 0.25) is 12.2 Å². The van der Waals surface area contributed by atoms with E-state index in [1.165, 1.54) is 61.7 Å². The van der Waals surface area contributed by atoms with E-state index in [1.807, 2.05) is 0 Å². The van der Waals surface area contributed by atoms with E-state index in [1.54, 1.807) is 0 Å². The summed E-state index contributed by atoms with van der Waals surface area (Å²) in [5.41, 5.74) is -0.866. The lowest BCUT2D eigenvalue weighted by atomic mass is 10.1. The molecule has 0 fully saturated rings. The molecule has 0 aliphatic heterocycles. The number of amides is 1. The normalized spacial score (nSPS) is 12.0. The number of carbonyl (C=O) groups is 4. The van der Waals surface area contributed by atoms with Crippen LogP contribution in [0, 0.1) is 10.1 Å². The van der Waals surface area contributed by atoms with Gasteiger partial charge in [-0.2, -0.15) is 0 Å². The molecule has 14 heteroatoms. The van der Waals surface area contributed by atoms with E-state index < -0.39 is 46.6 Å². The molecule has 0 radical (unpaired) electrons. The lowest BCUT2D eigenvalue weighted by Gasteiger charge is -2.24. The molecule has 39 heavy (non-hydrogen) atoms. The number of non-ortho nitro benzene ring substituents is 1. The summed E-state index contributed by atoms with van der Waals surface area (Å²) in [7, 11) is 1.23. The van der Waals surface area contributed by atoms with E-state index in [-0.39, 0.29) is 22.6 Å². The number of benzene rings is 3. The number of halogens is 2. The van der Waals surface area contributed by atoms with E-state index in [0.29, 0.717) is 10.0 Å². The molecule has 3 rings (SSSR count). The smallest absolute Gasteiger partial charge is 0.349 e. The van der Waals surface area contributed by atoms with Gasteiger partial charge in [-0.3, -0.25) is 14.9 Å². The van der Waals surface area contributed by atoms with Gasteiger partial charge in [0, 0.05) is 22.2 Å². The van der Waals surface area contributed by atoms with Crippen molar-refractivity contribution in [2.45, 2.75) is 12.2 Å². The van der Waals surface area contributed by atoms with Crippen LogP contribution in [0.1, 0.15) is 20.7 Å². The second kappa shape index (κ2) is 12.7. The van der Waals surface area contributed by atoms with Gasteiger partial charge in [-0.25, -0.2) is 14.4 Å². The zero-order valence-corrected chi connectivity index (χ0v) is 21.3. The van der Waals surface area contributed by atoms with Crippen molar-refractivity contribution in [2.24, 2.45) is 0 Å². The van der Waals surface area contributed by atoms with E-state index in [9.17, 15) is 34.4 Å². The Morgan fingerprint density at radius 1 is 0.846 bits per heavy atom. The number of esters is 2. The van der Waals surface area contributed by atoms with Gasteiger partial charge in [-0.15, -0.1) is 0 Å². The number of nitro benzene ring substituents is 1. The summed E-state index contributed by atoms with van der Waals surface area (Å²) >= 11 is 11.6. The van der Waals surface area contributed by atoms with Crippen molar-refractivity contribution in [1.82, 2.24) is 0 Å². The summed E-state index contributed by atoms with van der Waals surface area (Å²) in [6, 6.07) is 13.7. The number of nitrogens with one attached hydrogen (secondary N) is 1. The molecule has 3 aromatic rings. The summed E-state index contributed by atoms with van der Waals surface area (Å²) < 4.78 is 15.3. The first-order chi connectivity index (χ1) is 18.5. The third kappa shape index (κ3) is 7.43. The third-order valence-electron chi connectivity index (χ3n) is 5.06. The lowest BCUT2D eigenvalue weighted by molar-refractivity contribution is -0.384. The van der Waals surface area contributed by atoms with Crippen LogP contribution in [0.25, 0.3) is 0 Å². The quantitative estimate of drug-likeness (QED) is 0.200. The van der Waals surface area contributed by atoms with E-state index in [4.69, 9.17) is 37.4 Å². The van der Waals surface area contributed by atoms with Crippen LogP contribution >= 0.6 is 23.2 Å². The van der Waals surface area contributed by atoms with Crippen LogP contribution in [0.4, 0.5) is 11.4 Å². The monoisotopic (exact) mass is 576 g/mol. The zero-order valence-electron chi connectivity index (χ0n) is 19.8. The summed E-state index contributed by atoms with van der Waals surface area (Å²) in [5, 5.41) is 23.9. The fourth-order valence-electron chi connectivity index (χ4n) is 3.14. The zero-order chi connectivity index (χ0) is 28.7. The molecule has 0 aliphatic rings. The molecule has 0 bridgehead atoms. The van der Waals surface area contributed by atoms with E-state index in [0.717, 1.165) is 12.1 Å². The predicted octanol–water partition coefficient (Wildman–Crippen LogP) is 4.38. The van der Waals surface area contributed by atoms with E-state index >= 15 is 0 Å². The number of aliphatic carboxylic acids is 1. The second-order valence-corrected chi connectivity index (χ2v) is 8.51. The number of nitro groups is 1. The van der Waals surface area contributed by atoms with Gasteiger partial charge in [-0.1, -0.05) is 23.2 Å². The minimum atomic E-state index is -2.34. The predicted molar refractivity (Wildman–Crippen MR) is 137 cm³/mol. The number of anilines is 1. The fraction of sp³-hybridized carbons (Fsp3) is 0.120. The first kappa shape index (κ1) is 28.9. The van der Waals surface area contributed by atoms with Crippen molar-refractivity contribution in [2.75, 3.05) is 12.4 Å². The molecule has 0 heterocycles. The molecule has 12 nitrogen and oxygen atoms in total. The highest BCUT2D eigenvalue weighted by Gasteiger charge is 2.41. The molecule has 0 spiro atoms. The Morgan fingerprint density at radius 2 is 1.33 bits per heavy atom. The van der Waals surface area contributed by atoms with Crippen LogP contribution in [0.15, 0.2) is 66.7 Å². The number of hydrogen-bond acceptors (Lipinski definition) is 9. The summed E-state index contributed by atoms with van der Waals surface area (Å²) in [6.07, 6.45) is -4.60. The van der Waals surface area contributed by atoms with Gasteiger partial charge < -0.3 is 24.6 Å². The Bertz CT molecular complexity index is 1410. The van der Waals surface area contributed by atoms with Gasteiger partial charge >= 0.3 is 17.9 Å². The molecule has 0 aliphatic carbocycles. The number of rotatable bonds is 10. The second-order valence-electron chi connectivity index (χ2n) is 7.63. The van der Waals surface area contributed by atoms with Crippen molar-refractivity contribution < 1.29 is 43.4 Å². The maximum atomic E-state index is 13.3. The third-order valence-corrected chi connectivity index (χ3v) is 5.56. The first-order valence-electron chi connectivity index (χ1n) is 10.8. The molecule has 202 valence electrons. The number of ether oxygens (including phenoxy) is 3. The molecule has 0 aromatic heterocycles. The Kier molecular flexibility index (Phi) is 9.42. The minimum absolute atomic E-state index is 0.0261. The SMILES string of the molecule is COc1ccc([N+](=O)[O-])cc1NC(=O)[C@H](OC(=O)c1ccc(Cl)cc1)[C@@H](OC(=O)c1ccc(Cl)cc1)C(=O)O. The molecule has 0 saturated carbocycles.